The first-order chi connectivity index (χ1) is 9.36. The number of rotatable bonds is 3. The van der Waals surface area contributed by atoms with E-state index >= 15 is 0 Å². The first-order valence-corrected chi connectivity index (χ1v) is 6.97. The minimum Gasteiger partial charge on any atom is -0.436 e. The largest absolute Gasteiger partial charge is 0.436 e. The normalized spacial score (nSPS) is 14.8. The van der Waals surface area contributed by atoms with Gasteiger partial charge in [0.2, 0.25) is 5.88 Å². The molecule has 2 rings (SSSR count). The lowest BCUT2D eigenvalue weighted by Gasteiger charge is -2.26. The maximum atomic E-state index is 6.12. The lowest BCUT2D eigenvalue weighted by Crippen LogP contribution is -2.34. The maximum Gasteiger partial charge on any atom is 0.212 e. The third-order valence-corrected chi connectivity index (χ3v) is 3.39. The molecule has 0 unspecified atom stereocenters. The molecule has 1 aliphatic rings. The number of nitrogens with two attached hydrogens (primary N) is 1. The fraction of sp³-hybridized carbons (Fsp3) is 0.286. The lowest BCUT2D eigenvalue weighted by molar-refractivity contribution is 0.258. The van der Waals surface area contributed by atoms with Crippen LogP contribution in [0.1, 0.15) is 13.8 Å². The molecule has 0 aliphatic carbocycles. The molecule has 1 aromatic rings. The van der Waals surface area contributed by atoms with Crippen LogP contribution in [0.3, 0.4) is 0 Å². The number of hydrogen-bond acceptors (Lipinski definition) is 4. The molecule has 1 aromatic carbocycles. The van der Waals surface area contributed by atoms with Gasteiger partial charge in [0.25, 0.3) is 0 Å². The second-order valence-corrected chi connectivity index (χ2v) is 5.75. The van der Waals surface area contributed by atoms with Gasteiger partial charge in [0, 0.05) is 25.0 Å². The number of halogens is 2. The summed E-state index contributed by atoms with van der Waals surface area (Å²) in [5.74, 6) is 1.34. The van der Waals surface area contributed by atoms with Gasteiger partial charge in [-0.05, 0) is 23.6 Å². The molecule has 108 valence electrons. The average Bonchev–Trinajstić information content (AvgIpc) is 2.33. The number of benzene rings is 1. The van der Waals surface area contributed by atoms with Crippen molar-refractivity contribution in [3.63, 3.8) is 0 Å². The lowest BCUT2D eigenvalue weighted by atomic mass is 10.0. The highest BCUT2D eigenvalue weighted by molar-refractivity contribution is 6.37. The number of hydrazine groups is 1. The van der Waals surface area contributed by atoms with E-state index in [1.807, 2.05) is 24.3 Å². The van der Waals surface area contributed by atoms with Crippen LogP contribution >= 0.6 is 23.2 Å². The van der Waals surface area contributed by atoms with Crippen LogP contribution in [0, 0.1) is 5.92 Å². The van der Waals surface area contributed by atoms with E-state index in [1.165, 1.54) is 0 Å². The van der Waals surface area contributed by atoms with Crippen LogP contribution in [0.4, 0.5) is 5.69 Å². The van der Waals surface area contributed by atoms with Gasteiger partial charge in [-0.15, -0.1) is 0 Å². The molecule has 0 saturated carbocycles. The zero-order chi connectivity index (χ0) is 14.9. The Bertz CT molecular complexity index is 559. The minimum absolute atomic E-state index is 0.376. The number of allylic oxidation sites excluding steroid dienone is 2. The van der Waals surface area contributed by atoms with Crippen molar-refractivity contribution in [2.45, 2.75) is 13.8 Å². The Hall–Kier alpha value is -1.52. The zero-order valence-electron chi connectivity index (χ0n) is 11.6. The van der Waals surface area contributed by atoms with Crippen molar-refractivity contribution >= 4 is 28.9 Å². The molecule has 0 atom stereocenters. The summed E-state index contributed by atoms with van der Waals surface area (Å²) >= 11 is 12.2. The highest BCUT2D eigenvalue weighted by atomic mass is 35.5. The van der Waals surface area contributed by atoms with E-state index in [9.17, 15) is 0 Å². The Morgan fingerprint density at radius 3 is 2.40 bits per heavy atom. The van der Waals surface area contributed by atoms with Gasteiger partial charge in [-0.25, -0.2) is 0 Å². The van der Waals surface area contributed by atoms with Gasteiger partial charge in [0.05, 0.1) is 10.0 Å². The van der Waals surface area contributed by atoms with E-state index in [0.29, 0.717) is 33.3 Å². The average molecular weight is 314 g/mol. The summed E-state index contributed by atoms with van der Waals surface area (Å²) in [6.45, 7) is 4.23. The van der Waals surface area contributed by atoms with Crippen molar-refractivity contribution in [1.29, 1.82) is 0 Å². The Labute approximate surface area is 128 Å². The van der Waals surface area contributed by atoms with Gasteiger partial charge in [-0.2, -0.15) is 0 Å². The van der Waals surface area contributed by atoms with Gasteiger partial charge in [-0.3, -0.25) is 10.4 Å². The van der Waals surface area contributed by atoms with Crippen molar-refractivity contribution in [2.75, 3.05) is 12.8 Å². The van der Waals surface area contributed by atoms with Crippen molar-refractivity contribution in [3.8, 4) is 5.75 Å². The molecular formula is C14H17Cl2N3O. The molecule has 0 spiro atoms. The molecule has 6 heteroatoms. The maximum absolute atomic E-state index is 6.12. The van der Waals surface area contributed by atoms with Crippen molar-refractivity contribution in [1.82, 2.24) is 10.4 Å². The van der Waals surface area contributed by atoms with Gasteiger partial charge >= 0.3 is 0 Å². The van der Waals surface area contributed by atoms with E-state index < -0.39 is 0 Å². The summed E-state index contributed by atoms with van der Waals surface area (Å²) in [7, 11) is 1.89. The second-order valence-electron chi connectivity index (χ2n) is 4.93. The molecule has 1 heterocycles. The first kappa shape index (κ1) is 14.9. The highest BCUT2D eigenvalue weighted by Gasteiger charge is 2.16. The molecule has 4 nitrogen and oxygen atoms in total. The third-order valence-electron chi connectivity index (χ3n) is 2.83. The molecule has 0 fully saturated rings. The molecule has 0 amide bonds. The zero-order valence-corrected chi connectivity index (χ0v) is 13.1. The second kappa shape index (κ2) is 5.85. The number of hydrogen-bond donors (Lipinski definition) is 2. The predicted molar refractivity (Wildman–Crippen MR) is 83.4 cm³/mol. The summed E-state index contributed by atoms with van der Waals surface area (Å²) < 4.78 is 5.77. The van der Waals surface area contributed by atoms with Crippen LogP contribution in [0.5, 0.6) is 5.75 Å². The SMILES string of the molecule is CC(C)C1=CN(C)NC(Oc2c(Cl)cc(N)cc2Cl)=C1. The topological polar surface area (TPSA) is 50.5 Å². The first-order valence-electron chi connectivity index (χ1n) is 6.22. The van der Waals surface area contributed by atoms with Gasteiger partial charge in [0.1, 0.15) is 0 Å². The fourth-order valence-electron chi connectivity index (χ4n) is 1.81. The number of anilines is 1. The Kier molecular flexibility index (Phi) is 4.35. The molecule has 20 heavy (non-hydrogen) atoms. The fourth-order valence-corrected chi connectivity index (χ4v) is 2.39. The van der Waals surface area contributed by atoms with Crippen molar-refractivity contribution < 1.29 is 4.74 Å². The van der Waals surface area contributed by atoms with Crippen LogP contribution in [0.15, 0.2) is 35.9 Å². The van der Waals surface area contributed by atoms with Crippen LogP contribution in [0.2, 0.25) is 10.0 Å². The van der Waals surface area contributed by atoms with Crippen LogP contribution < -0.4 is 15.9 Å². The van der Waals surface area contributed by atoms with Crippen molar-refractivity contribution in [3.05, 3.63) is 45.9 Å². The van der Waals surface area contributed by atoms with E-state index in [4.69, 9.17) is 33.7 Å². The van der Waals surface area contributed by atoms with Gasteiger partial charge in [0.15, 0.2) is 5.75 Å². The molecule has 3 N–H and O–H groups in total. The minimum atomic E-state index is 0.376. The Balaban J connectivity index is 2.29. The smallest absolute Gasteiger partial charge is 0.212 e. The van der Waals surface area contributed by atoms with E-state index in [2.05, 4.69) is 19.3 Å². The van der Waals surface area contributed by atoms with Crippen LogP contribution in [0.25, 0.3) is 0 Å². The molecule has 0 radical (unpaired) electrons. The number of ether oxygens (including phenoxy) is 1. The molecule has 0 bridgehead atoms. The number of nitrogen functional groups attached to an aromatic ring is 1. The van der Waals surface area contributed by atoms with Gasteiger partial charge < -0.3 is 10.5 Å². The summed E-state index contributed by atoms with van der Waals surface area (Å²) in [5.41, 5.74) is 10.4. The predicted octanol–water partition coefficient (Wildman–Crippen LogP) is 3.79. The summed E-state index contributed by atoms with van der Waals surface area (Å²) in [4.78, 5) is 0. The monoisotopic (exact) mass is 313 g/mol. The Morgan fingerprint density at radius 1 is 1.25 bits per heavy atom. The number of nitrogens with one attached hydrogen (secondary N) is 1. The molecule has 1 aliphatic heterocycles. The number of nitrogens with zero attached hydrogens (tertiary/aromatic N) is 1. The van der Waals surface area contributed by atoms with Crippen LogP contribution in [-0.2, 0) is 0 Å². The van der Waals surface area contributed by atoms with E-state index in [0.717, 1.165) is 5.57 Å². The summed E-state index contributed by atoms with van der Waals surface area (Å²) in [6, 6.07) is 3.21. The van der Waals surface area contributed by atoms with Crippen molar-refractivity contribution in [2.24, 2.45) is 5.92 Å². The highest BCUT2D eigenvalue weighted by Crippen LogP contribution is 2.36. The van der Waals surface area contributed by atoms with Crippen LogP contribution in [-0.4, -0.2) is 12.1 Å². The third kappa shape index (κ3) is 3.32. The van der Waals surface area contributed by atoms with E-state index in [-0.39, 0.29) is 0 Å². The molecule has 0 aromatic heterocycles. The van der Waals surface area contributed by atoms with E-state index in [1.54, 1.807) is 12.1 Å². The molecule has 0 saturated heterocycles. The summed E-state index contributed by atoms with van der Waals surface area (Å²) in [5, 5.41) is 2.58. The Morgan fingerprint density at radius 2 is 1.85 bits per heavy atom. The molecular weight excluding hydrogens is 297 g/mol. The standard InChI is InChI=1S/C14H17Cl2N3O/c1-8(2)9-4-13(18-19(3)7-9)20-14-11(15)5-10(17)6-12(14)16/h4-8,18H,17H2,1-3H3. The quantitative estimate of drug-likeness (QED) is 0.834. The van der Waals surface area contributed by atoms with Gasteiger partial charge in [-0.1, -0.05) is 37.0 Å². The summed E-state index contributed by atoms with van der Waals surface area (Å²) in [6.07, 6.45) is 3.93.